The van der Waals surface area contributed by atoms with Crippen LogP contribution < -0.4 is 4.74 Å². The maximum atomic E-state index is 5.84. The van der Waals surface area contributed by atoms with Crippen molar-refractivity contribution in [3.05, 3.63) is 29.8 Å². The summed E-state index contributed by atoms with van der Waals surface area (Å²) in [6, 6.07) is 8.32. The Morgan fingerprint density at radius 1 is 1.11 bits per heavy atom. The molecule has 18 heavy (non-hydrogen) atoms. The molecule has 1 aliphatic heterocycles. The molecule has 0 spiro atoms. The summed E-state index contributed by atoms with van der Waals surface area (Å²) in [5.74, 6) is 1.59. The van der Waals surface area contributed by atoms with E-state index in [4.69, 9.17) is 4.74 Å². The van der Waals surface area contributed by atoms with E-state index in [1.54, 1.807) is 0 Å². The maximum absolute atomic E-state index is 5.84. The van der Waals surface area contributed by atoms with Gasteiger partial charge in [-0.25, -0.2) is 0 Å². The molecule has 0 aromatic heterocycles. The number of aryl methyl sites for hydroxylation is 1. The summed E-state index contributed by atoms with van der Waals surface area (Å²) >= 11 is 0. The Labute approximate surface area is 111 Å². The SMILES string of the molecule is Cc1ccc(OCC(C)CN2CCCCC2)cc1. The Kier molecular flexibility index (Phi) is 5.06. The molecule has 2 rings (SSSR count). The zero-order chi connectivity index (χ0) is 12.8. The Morgan fingerprint density at radius 3 is 2.44 bits per heavy atom. The molecule has 2 nitrogen and oxygen atoms in total. The zero-order valence-corrected chi connectivity index (χ0v) is 11.7. The minimum atomic E-state index is 0.601. The molecule has 100 valence electrons. The van der Waals surface area contributed by atoms with Crippen LogP contribution >= 0.6 is 0 Å². The number of piperidine rings is 1. The highest BCUT2D eigenvalue weighted by molar-refractivity contribution is 5.26. The van der Waals surface area contributed by atoms with Crippen LogP contribution in [0, 0.1) is 12.8 Å². The lowest BCUT2D eigenvalue weighted by atomic mass is 10.1. The molecule has 1 aromatic carbocycles. The number of nitrogens with zero attached hydrogens (tertiary/aromatic N) is 1. The first-order valence-electron chi connectivity index (χ1n) is 7.16. The van der Waals surface area contributed by atoms with Crippen LogP contribution in [0.4, 0.5) is 0 Å². The van der Waals surface area contributed by atoms with Crippen LogP contribution in [0.5, 0.6) is 5.75 Å². The first kappa shape index (κ1) is 13.4. The van der Waals surface area contributed by atoms with E-state index in [9.17, 15) is 0 Å². The second kappa shape index (κ2) is 6.79. The first-order chi connectivity index (χ1) is 8.74. The molecule has 1 aliphatic rings. The van der Waals surface area contributed by atoms with Gasteiger partial charge in [0.15, 0.2) is 0 Å². The lowest BCUT2D eigenvalue weighted by Gasteiger charge is -2.29. The van der Waals surface area contributed by atoms with Gasteiger partial charge in [-0.1, -0.05) is 31.0 Å². The molecule has 0 bridgehead atoms. The van der Waals surface area contributed by atoms with Crippen molar-refractivity contribution in [2.24, 2.45) is 5.92 Å². The average Bonchev–Trinajstić information content (AvgIpc) is 2.39. The van der Waals surface area contributed by atoms with Crippen LogP contribution in [-0.4, -0.2) is 31.1 Å². The molecule has 0 radical (unpaired) electrons. The van der Waals surface area contributed by atoms with Crippen LogP contribution in [-0.2, 0) is 0 Å². The van der Waals surface area contributed by atoms with Gasteiger partial charge in [-0.15, -0.1) is 0 Å². The van der Waals surface area contributed by atoms with Crippen molar-refractivity contribution in [3.8, 4) is 5.75 Å². The Bertz CT molecular complexity index is 341. The van der Waals surface area contributed by atoms with Gasteiger partial charge in [-0.2, -0.15) is 0 Å². The third kappa shape index (κ3) is 4.34. The summed E-state index contributed by atoms with van der Waals surface area (Å²) in [5.41, 5.74) is 1.28. The van der Waals surface area contributed by atoms with Crippen molar-refractivity contribution >= 4 is 0 Å². The van der Waals surface area contributed by atoms with E-state index in [0.29, 0.717) is 5.92 Å². The number of ether oxygens (including phenoxy) is 1. The van der Waals surface area contributed by atoms with E-state index in [2.05, 4.69) is 43.0 Å². The minimum absolute atomic E-state index is 0.601. The van der Waals surface area contributed by atoms with Gasteiger partial charge in [0, 0.05) is 12.5 Å². The van der Waals surface area contributed by atoms with Crippen molar-refractivity contribution in [1.82, 2.24) is 4.90 Å². The molecule has 1 heterocycles. The van der Waals surface area contributed by atoms with Gasteiger partial charge in [-0.05, 0) is 45.0 Å². The molecule has 1 unspecified atom stereocenters. The molecule has 1 fully saturated rings. The Morgan fingerprint density at radius 2 is 1.78 bits per heavy atom. The highest BCUT2D eigenvalue weighted by Crippen LogP contribution is 2.14. The van der Waals surface area contributed by atoms with Crippen molar-refractivity contribution in [1.29, 1.82) is 0 Å². The highest BCUT2D eigenvalue weighted by Gasteiger charge is 2.13. The fourth-order valence-corrected chi connectivity index (χ4v) is 2.51. The van der Waals surface area contributed by atoms with Crippen molar-refractivity contribution in [2.75, 3.05) is 26.2 Å². The second-order valence-corrected chi connectivity index (χ2v) is 5.59. The summed E-state index contributed by atoms with van der Waals surface area (Å²) in [5, 5.41) is 0. The zero-order valence-electron chi connectivity index (χ0n) is 11.7. The van der Waals surface area contributed by atoms with Crippen molar-refractivity contribution in [3.63, 3.8) is 0 Å². The lowest BCUT2D eigenvalue weighted by molar-refractivity contribution is 0.165. The number of hydrogen-bond acceptors (Lipinski definition) is 2. The Hall–Kier alpha value is -1.02. The molecular formula is C16H25NO. The van der Waals surface area contributed by atoms with E-state index in [1.807, 2.05) is 0 Å². The van der Waals surface area contributed by atoms with Gasteiger partial charge in [0.05, 0.1) is 6.61 Å². The number of rotatable bonds is 5. The van der Waals surface area contributed by atoms with Gasteiger partial charge in [0.25, 0.3) is 0 Å². The predicted molar refractivity (Wildman–Crippen MR) is 76.1 cm³/mol. The molecular weight excluding hydrogens is 222 g/mol. The van der Waals surface area contributed by atoms with Crippen LogP contribution in [0.1, 0.15) is 31.7 Å². The molecule has 0 amide bonds. The molecule has 1 saturated heterocycles. The highest BCUT2D eigenvalue weighted by atomic mass is 16.5. The molecule has 0 saturated carbocycles. The van der Waals surface area contributed by atoms with E-state index in [1.165, 1.54) is 44.5 Å². The fraction of sp³-hybridized carbons (Fsp3) is 0.625. The predicted octanol–water partition coefficient (Wildman–Crippen LogP) is 3.50. The third-order valence-electron chi connectivity index (χ3n) is 3.57. The smallest absolute Gasteiger partial charge is 0.119 e. The summed E-state index contributed by atoms with van der Waals surface area (Å²) < 4.78 is 5.84. The van der Waals surface area contributed by atoms with Crippen molar-refractivity contribution < 1.29 is 4.74 Å². The number of hydrogen-bond donors (Lipinski definition) is 0. The molecule has 0 aliphatic carbocycles. The molecule has 0 N–H and O–H groups in total. The quantitative estimate of drug-likeness (QED) is 0.789. The van der Waals surface area contributed by atoms with Gasteiger partial charge in [0.2, 0.25) is 0 Å². The number of benzene rings is 1. The maximum Gasteiger partial charge on any atom is 0.119 e. The van der Waals surface area contributed by atoms with E-state index in [-0.39, 0.29) is 0 Å². The monoisotopic (exact) mass is 247 g/mol. The standard InChI is InChI=1S/C16H25NO/c1-14-6-8-16(9-7-14)18-13-15(2)12-17-10-4-3-5-11-17/h6-9,15H,3-5,10-13H2,1-2H3. The topological polar surface area (TPSA) is 12.5 Å². The summed E-state index contributed by atoms with van der Waals surface area (Å²) in [7, 11) is 0. The second-order valence-electron chi connectivity index (χ2n) is 5.59. The van der Waals surface area contributed by atoms with E-state index >= 15 is 0 Å². The molecule has 2 heteroatoms. The Balaban J connectivity index is 1.70. The molecule has 1 atom stereocenters. The van der Waals surface area contributed by atoms with Gasteiger partial charge < -0.3 is 9.64 Å². The van der Waals surface area contributed by atoms with E-state index in [0.717, 1.165) is 12.4 Å². The van der Waals surface area contributed by atoms with Crippen molar-refractivity contribution in [2.45, 2.75) is 33.1 Å². The largest absolute Gasteiger partial charge is 0.493 e. The summed E-state index contributed by atoms with van der Waals surface area (Å²) in [4.78, 5) is 2.58. The first-order valence-corrected chi connectivity index (χ1v) is 7.16. The van der Waals surface area contributed by atoms with Gasteiger partial charge >= 0.3 is 0 Å². The lowest BCUT2D eigenvalue weighted by Crippen LogP contribution is -2.35. The number of likely N-dealkylation sites (tertiary alicyclic amines) is 1. The minimum Gasteiger partial charge on any atom is -0.493 e. The summed E-state index contributed by atoms with van der Waals surface area (Å²) in [6.07, 6.45) is 4.14. The normalized spacial score (nSPS) is 18.6. The van der Waals surface area contributed by atoms with Crippen LogP contribution in [0.15, 0.2) is 24.3 Å². The van der Waals surface area contributed by atoms with E-state index < -0.39 is 0 Å². The summed E-state index contributed by atoms with van der Waals surface area (Å²) in [6.45, 7) is 8.92. The van der Waals surface area contributed by atoms with Crippen LogP contribution in [0.2, 0.25) is 0 Å². The van der Waals surface area contributed by atoms with Crippen LogP contribution in [0.25, 0.3) is 0 Å². The van der Waals surface area contributed by atoms with Gasteiger partial charge in [-0.3, -0.25) is 0 Å². The fourth-order valence-electron chi connectivity index (χ4n) is 2.51. The average molecular weight is 247 g/mol. The van der Waals surface area contributed by atoms with Crippen LogP contribution in [0.3, 0.4) is 0 Å². The third-order valence-corrected chi connectivity index (χ3v) is 3.57. The van der Waals surface area contributed by atoms with Gasteiger partial charge in [0.1, 0.15) is 5.75 Å². The molecule has 1 aromatic rings.